The third-order valence-corrected chi connectivity index (χ3v) is 8.11. The molecule has 2 saturated heterocycles. The molecule has 2 fully saturated rings. The second-order valence-electron chi connectivity index (χ2n) is 12.9. The zero-order valence-corrected chi connectivity index (χ0v) is 25.9. The van der Waals surface area contributed by atoms with Gasteiger partial charge < -0.3 is 24.4 Å². The molecule has 1 N–H and O–H groups in total. The first-order chi connectivity index (χ1) is 21.0. The maximum atomic E-state index is 16.5. The predicted octanol–water partition coefficient (Wildman–Crippen LogP) is 5.61. The Morgan fingerprint density at radius 3 is 2.52 bits per heavy atom. The molecule has 0 spiro atoms. The van der Waals surface area contributed by atoms with Gasteiger partial charge in [-0.2, -0.15) is 9.97 Å². The summed E-state index contributed by atoms with van der Waals surface area (Å²) in [6.45, 7) is 7.83. The monoisotopic (exact) mass is 602 g/mol. The van der Waals surface area contributed by atoms with Crippen molar-refractivity contribution in [3.63, 3.8) is 0 Å². The van der Waals surface area contributed by atoms with Crippen molar-refractivity contribution in [3.05, 3.63) is 48.4 Å². The van der Waals surface area contributed by atoms with Crippen LogP contribution in [0.15, 0.2) is 42.6 Å². The summed E-state index contributed by atoms with van der Waals surface area (Å²) >= 11 is 0. The third kappa shape index (κ3) is 5.93. The Balaban J connectivity index is 1.40. The lowest BCUT2D eigenvalue weighted by atomic mass is 10.00. The first-order valence-electron chi connectivity index (χ1n) is 15.1. The van der Waals surface area contributed by atoms with Gasteiger partial charge >= 0.3 is 12.1 Å². The van der Waals surface area contributed by atoms with E-state index in [1.807, 2.05) is 64.0 Å². The number of pyridine rings is 1. The maximum Gasteiger partial charge on any atom is 0.410 e. The highest BCUT2D eigenvalue weighted by atomic mass is 19.1. The van der Waals surface area contributed by atoms with Crippen LogP contribution in [0.5, 0.6) is 11.8 Å². The minimum absolute atomic E-state index is 0.0200. The van der Waals surface area contributed by atoms with E-state index in [0.717, 1.165) is 36.6 Å². The standard InChI is InChI=1S/C33H39FN6O4/c1-33(2,3)44-32(42)40-21-11-12-22(40)19-39(18-21)30-26-17-35-28(25-16-23(41)15-20-9-6-7-10-24(20)25)27(34)29(26)36-31(37-30)43-14-8-13-38(4)5/h6-7,9-10,15-17,21-22,41H,8,11-14,18-19H2,1-5H3. The fourth-order valence-corrected chi connectivity index (χ4v) is 6.24. The smallest absolute Gasteiger partial charge is 0.410 e. The lowest BCUT2D eigenvalue weighted by Crippen LogP contribution is -2.57. The Labute approximate surface area is 256 Å². The number of fused-ring (bicyclic) bond motifs is 4. The van der Waals surface area contributed by atoms with Crippen LogP contribution >= 0.6 is 0 Å². The molecule has 2 aliphatic heterocycles. The molecule has 44 heavy (non-hydrogen) atoms. The number of benzene rings is 2. The Morgan fingerprint density at radius 1 is 1.09 bits per heavy atom. The summed E-state index contributed by atoms with van der Waals surface area (Å²) in [5.74, 6) is -0.0703. The number of piperazine rings is 1. The molecule has 0 saturated carbocycles. The van der Waals surface area contributed by atoms with Gasteiger partial charge in [0.2, 0.25) is 0 Å². The lowest BCUT2D eigenvalue weighted by molar-refractivity contribution is 0.0122. The maximum absolute atomic E-state index is 16.5. The summed E-state index contributed by atoms with van der Waals surface area (Å²) in [4.78, 5) is 32.9. The summed E-state index contributed by atoms with van der Waals surface area (Å²) < 4.78 is 28.2. The number of nitrogens with zero attached hydrogens (tertiary/aromatic N) is 6. The Kier molecular flexibility index (Phi) is 7.91. The number of hydrogen-bond donors (Lipinski definition) is 1. The molecule has 0 aliphatic carbocycles. The van der Waals surface area contributed by atoms with Crippen LogP contribution in [0.2, 0.25) is 0 Å². The highest BCUT2D eigenvalue weighted by Gasteiger charge is 2.45. The minimum atomic E-state index is -0.615. The first kappa shape index (κ1) is 29.8. The predicted molar refractivity (Wildman–Crippen MR) is 168 cm³/mol. The quantitative estimate of drug-likeness (QED) is 0.270. The number of phenols is 1. The molecule has 2 aliphatic rings. The molecular weight excluding hydrogens is 563 g/mol. The van der Waals surface area contributed by atoms with Crippen molar-refractivity contribution in [1.82, 2.24) is 24.8 Å². The van der Waals surface area contributed by atoms with E-state index in [0.29, 0.717) is 36.5 Å². The van der Waals surface area contributed by atoms with Crippen molar-refractivity contribution in [2.24, 2.45) is 0 Å². The van der Waals surface area contributed by atoms with E-state index < -0.39 is 11.4 Å². The molecule has 4 aromatic rings. The van der Waals surface area contributed by atoms with Gasteiger partial charge in [0.25, 0.3) is 0 Å². The summed E-state index contributed by atoms with van der Waals surface area (Å²) in [5, 5.41) is 12.4. The molecule has 2 bridgehead atoms. The van der Waals surface area contributed by atoms with Crippen molar-refractivity contribution >= 4 is 33.6 Å². The Hall–Kier alpha value is -4.25. The molecule has 4 heterocycles. The number of phenolic OH excluding ortho intramolecular Hbond substituents is 1. The number of ether oxygens (including phenoxy) is 2. The molecule has 2 aromatic carbocycles. The van der Waals surface area contributed by atoms with Crippen LogP contribution in [0.25, 0.3) is 32.9 Å². The summed E-state index contributed by atoms with van der Waals surface area (Å²) in [6, 6.07) is 10.6. The molecule has 11 heteroatoms. The third-order valence-electron chi connectivity index (χ3n) is 8.11. The number of hydrogen-bond acceptors (Lipinski definition) is 9. The van der Waals surface area contributed by atoms with E-state index in [4.69, 9.17) is 14.5 Å². The van der Waals surface area contributed by atoms with Crippen LogP contribution in [0, 0.1) is 5.82 Å². The molecule has 0 radical (unpaired) electrons. The zero-order chi connectivity index (χ0) is 31.2. The number of carbonyl (C=O) groups is 1. The van der Waals surface area contributed by atoms with E-state index in [1.54, 1.807) is 12.3 Å². The second kappa shape index (κ2) is 11.7. The zero-order valence-electron chi connectivity index (χ0n) is 25.9. The van der Waals surface area contributed by atoms with Gasteiger partial charge in [0.1, 0.15) is 28.4 Å². The van der Waals surface area contributed by atoms with Crippen molar-refractivity contribution in [2.45, 2.75) is 57.7 Å². The van der Waals surface area contributed by atoms with Gasteiger partial charge in [-0.05, 0) is 77.0 Å². The summed E-state index contributed by atoms with van der Waals surface area (Å²) in [7, 11) is 3.98. The highest BCUT2D eigenvalue weighted by Crippen LogP contribution is 2.39. The normalized spacial score (nSPS) is 18.4. The van der Waals surface area contributed by atoms with Crippen molar-refractivity contribution in [1.29, 1.82) is 0 Å². The van der Waals surface area contributed by atoms with Gasteiger partial charge in [-0.3, -0.25) is 9.88 Å². The molecular formula is C33H39FN6O4. The molecule has 232 valence electrons. The number of carbonyl (C=O) groups excluding carboxylic acids is 1. The number of amides is 1. The molecule has 1 amide bonds. The topological polar surface area (TPSA) is 104 Å². The van der Waals surface area contributed by atoms with Crippen molar-refractivity contribution in [2.75, 3.05) is 45.2 Å². The van der Waals surface area contributed by atoms with Gasteiger partial charge in [0.05, 0.1) is 24.1 Å². The van der Waals surface area contributed by atoms with Gasteiger partial charge in [0.15, 0.2) is 5.82 Å². The molecule has 10 nitrogen and oxygen atoms in total. The highest BCUT2D eigenvalue weighted by molar-refractivity contribution is 6.00. The summed E-state index contributed by atoms with van der Waals surface area (Å²) in [6.07, 6.45) is 3.73. The molecule has 6 rings (SSSR count). The van der Waals surface area contributed by atoms with Crippen molar-refractivity contribution in [3.8, 4) is 23.0 Å². The minimum Gasteiger partial charge on any atom is -0.508 e. The van der Waals surface area contributed by atoms with Crippen LogP contribution in [0.1, 0.15) is 40.0 Å². The fraction of sp³-hybridized carbons (Fsp3) is 0.455. The second-order valence-corrected chi connectivity index (χ2v) is 12.9. The molecule has 2 atom stereocenters. The average molecular weight is 603 g/mol. The molecule has 2 aromatic heterocycles. The largest absolute Gasteiger partial charge is 0.508 e. The van der Waals surface area contributed by atoms with E-state index in [2.05, 4.69) is 19.8 Å². The van der Waals surface area contributed by atoms with Crippen LogP contribution in [0.3, 0.4) is 0 Å². The number of aromatic nitrogens is 3. The van der Waals surface area contributed by atoms with Gasteiger partial charge in [-0.15, -0.1) is 0 Å². The number of rotatable bonds is 7. The Bertz CT molecular complexity index is 1690. The number of halogens is 1. The van der Waals surface area contributed by atoms with E-state index in [1.165, 1.54) is 6.07 Å². The molecule has 2 unspecified atom stereocenters. The lowest BCUT2D eigenvalue weighted by Gasteiger charge is -2.42. The van der Waals surface area contributed by atoms with E-state index >= 15 is 4.39 Å². The number of aromatic hydroxyl groups is 1. The van der Waals surface area contributed by atoms with E-state index in [9.17, 15) is 9.90 Å². The van der Waals surface area contributed by atoms with Gasteiger partial charge in [0, 0.05) is 31.4 Å². The van der Waals surface area contributed by atoms with Gasteiger partial charge in [-0.25, -0.2) is 9.18 Å². The van der Waals surface area contributed by atoms with Gasteiger partial charge in [-0.1, -0.05) is 24.3 Å². The summed E-state index contributed by atoms with van der Waals surface area (Å²) in [5.41, 5.74) is 0.0640. The van der Waals surface area contributed by atoms with Crippen molar-refractivity contribution < 1.29 is 23.8 Å². The van der Waals surface area contributed by atoms with Crippen LogP contribution in [-0.4, -0.2) is 94.0 Å². The van der Waals surface area contributed by atoms with E-state index in [-0.39, 0.29) is 41.1 Å². The Morgan fingerprint density at radius 2 is 1.82 bits per heavy atom. The fourth-order valence-electron chi connectivity index (χ4n) is 6.24. The number of anilines is 1. The first-order valence-corrected chi connectivity index (χ1v) is 15.1. The average Bonchev–Trinajstić information content (AvgIpc) is 3.23. The SMILES string of the molecule is CN(C)CCCOc1nc(N2CC3CCC(C2)N3C(=O)OC(C)(C)C)c2cnc(-c3cc(O)cc4ccccc34)c(F)c2n1. The van der Waals surface area contributed by atoms with Crippen LogP contribution < -0.4 is 9.64 Å². The van der Waals surface area contributed by atoms with Crippen LogP contribution in [0.4, 0.5) is 15.0 Å². The van der Waals surface area contributed by atoms with Crippen LogP contribution in [-0.2, 0) is 4.74 Å².